The fraction of sp³-hybridized carbons (Fsp3) is 0.171. The van der Waals surface area contributed by atoms with E-state index in [1.807, 2.05) is 60.7 Å². The molecule has 1 N–H and O–H groups in total. The minimum atomic E-state index is -0.258. The van der Waals surface area contributed by atoms with Gasteiger partial charge < -0.3 is 9.73 Å². The first-order valence-electron chi connectivity index (χ1n) is 13.5. The number of hydrogen-bond acceptors (Lipinski definition) is 3. The second-order valence-electron chi connectivity index (χ2n) is 10.2. The molecule has 0 saturated heterocycles. The van der Waals surface area contributed by atoms with Crippen LogP contribution in [0.15, 0.2) is 126 Å². The number of nitrogens with zero attached hydrogens (tertiary/aromatic N) is 1. The number of carbonyl (C=O) groups is 1. The molecule has 1 unspecified atom stereocenters. The third-order valence-electron chi connectivity index (χ3n) is 6.88. The number of carbonyl (C=O) groups excluding carboxylic acids is 1. The minimum Gasteiger partial charge on any atom is -0.455 e. The molecule has 40 heavy (non-hydrogen) atoms. The van der Waals surface area contributed by atoms with Gasteiger partial charge >= 0.3 is 0 Å². The van der Waals surface area contributed by atoms with Crippen molar-refractivity contribution in [1.29, 1.82) is 0 Å². The molecule has 5 aromatic rings. The van der Waals surface area contributed by atoms with Crippen LogP contribution in [0.5, 0.6) is 0 Å². The van der Waals surface area contributed by atoms with Crippen LogP contribution in [0.25, 0.3) is 0 Å². The topological polar surface area (TPSA) is 45.5 Å². The molecule has 1 heterocycles. The molecule has 0 aliphatic carbocycles. The van der Waals surface area contributed by atoms with Crippen molar-refractivity contribution in [2.75, 3.05) is 0 Å². The van der Waals surface area contributed by atoms with E-state index in [2.05, 4.69) is 53.5 Å². The summed E-state index contributed by atoms with van der Waals surface area (Å²) in [6.45, 7) is 3.74. The number of halogens is 1. The number of benzene rings is 4. The van der Waals surface area contributed by atoms with Crippen molar-refractivity contribution in [2.24, 2.45) is 0 Å². The molecule has 1 aromatic heterocycles. The Labute approximate surface area is 235 Å². The molecule has 202 valence electrons. The van der Waals surface area contributed by atoms with Crippen LogP contribution >= 0.6 is 0 Å². The summed E-state index contributed by atoms with van der Waals surface area (Å²) in [6.07, 6.45) is 0.669. The summed E-state index contributed by atoms with van der Waals surface area (Å²) < 4.78 is 19.9. The van der Waals surface area contributed by atoms with Gasteiger partial charge in [0.2, 0.25) is 0 Å². The van der Waals surface area contributed by atoms with E-state index >= 15 is 0 Å². The number of hydrogen-bond donors (Lipinski definition) is 1. The van der Waals surface area contributed by atoms with Crippen molar-refractivity contribution in [1.82, 2.24) is 10.2 Å². The number of rotatable bonds is 11. The van der Waals surface area contributed by atoms with Crippen LogP contribution < -0.4 is 5.32 Å². The second kappa shape index (κ2) is 13.0. The molecule has 0 saturated carbocycles. The molecule has 0 bridgehead atoms. The smallest absolute Gasteiger partial charge is 0.287 e. The first-order valence-corrected chi connectivity index (χ1v) is 13.5. The van der Waals surface area contributed by atoms with E-state index in [9.17, 15) is 9.18 Å². The zero-order valence-electron chi connectivity index (χ0n) is 22.6. The maximum Gasteiger partial charge on any atom is 0.287 e. The third kappa shape index (κ3) is 7.55. The Morgan fingerprint density at radius 2 is 1.43 bits per heavy atom. The van der Waals surface area contributed by atoms with Gasteiger partial charge in [-0.2, -0.15) is 0 Å². The van der Waals surface area contributed by atoms with E-state index in [-0.39, 0.29) is 23.5 Å². The summed E-state index contributed by atoms with van der Waals surface area (Å²) in [5, 5.41) is 3.17. The number of furan rings is 1. The van der Waals surface area contributed by atoms with Gasteiger partial charge in [0.25, 0.3) is 5.91 Å². The summed E-state index contributed by atoms with van der Waals surface area (Å²) in [6, 6.07) is 38.5. The lowest BCUT2D eigenvalue weighted by molar-refractivity contribution is 0.0904. The SMILES string of the molecule is Cc1ccc(CN(Cc2cccc(F)c2)Cc2ccc(C(=O)NC(Cc3ccccc3)c3ccccc3)o2)cc1. The Balaban J connectivity index is 1.31. The highest BCUT2D eigenvalue weighted by Crippen LogP contribution is 2.21. The fourth-order valence-corrected chi connectivity index (χ4v) is 4.83. The Bertz CT molecular complexity index is 1510. The normalized spacial score (nSPS) is 11.9. The van der Waals surface area contributed by atoms with Crippen LogP contribution in [0.3, 0.4) is 0 Å². The molecule has 0 aliphatic heterocycles. The number of nitrogens with one attached hydrogen (secondary N) is 1. The van der Waals surface area contributed by atoms with Crippen molar-refractivity contribution in [3.05, 3.63) is 166 Å². The maximum absolute atomic E-state index is 13.9. The molecule has 5 heteroatoms. The standard InChI is InChI=1S/C35H33FN2O2/c1-26-15-17-28(18-16-26)23-38(24-29-11-8-14-31(36)21-29)25-32-19-20-34(40-32)35(39)37-33(30-12-6-3-7-13-30)22-27-9-4-2-5-10-27/h2-21,33H,22-25H2,1H3,(H,37,39). The van der Waals surface area contributed by atoms with Crippen LogP contribution in [0, 0.1) is 12.7 Å². The van der Waals surface area contributed by atoms with Crippen molar-refractivity contribution in [3.63, 3.8) is 0 Å². The quantitative estimate of drug-likeness (QED) is 0.190. The van der Waals surface area contributed by atoms with Gasteiger partial charge in [-0.1, -0.05) is 103 Å². The van der Waals surface area contributed by atoms with Crippen LogP contribution in [-0.2, 0) is 26.1 Å². The van der Waals surface area contributed by atoms with Gasteiger partial charge in [-0.25, -0.2) is 4.39 Å². The third-order valence-corrected chi connectivity index (χ3v) is 6.88. The zero-order chi connectivity index (χ0) is 27.7. The Kier molecular flexibility index (Phi) is 8.84. The van der Waals surface area contributed by atoms with E-state index in [0.29, 0.717) is 31.8 Å². The first kappa shape index (κ1) is 27.1. The average molecular weight is 533 g/mol. The van der Waals surface area contributed by atoms with E-state index in [0.717, 1.165) is 22.3 Å². The second-order valence-corrected chi connectivity index (χ2v) is 10.2. The molecular formula is C35H33FN2O2. The lowest BCUT2D eigenvalue weighted by atomic mass is 9.99. The fourth-order valence-electron chi connectivity index (χ4n) is 4.83. The van der Waals surface area contributed by atoms with E-state index in [1.54, 1.807) is 18.2 Å². The predicted molar refractivity (Wildman–Crippen MR) is 156 cm³/mol. The van der Waals surface area contributed by atoms with Gasteiger partial charge in [-0.3, -0.25) is 9.69 Å². The minimum absolute atomic E-state index is 0.198. The molecule has 1 atom stereocenters. The molecular weight excluding hydrogens is 499 g/mol. The summed E-state index contributed by atoms with van der Waals surface area (Å²) in [7, 11) is 0. The molecule has 0 aliphatic rings. The van der Waals surface area contributed by atoms with E-state index < -0.39 is 0 Å². The van der Waals surface area contributed by atoms with Gasteiger partial charge in [0, 0.05) is 13.1 Å². The molecule has 5 rings (SSSR count). The van der Waals surface area contributed by atoms with Crippen molar-refractivity contribution < 1.29 is 13.6 Å². The van der Waals surface area contributed by atoms with Gasteiger partial charge in [-0.05, 0) is 59.9 Å². The van der Waals surface area contributed by atoms with Crippen LogP contribution in [0.2, 0.25) is 0 Å². The molecule has 1 amide bonds. The Morgan fingerprint density at radius 3 is 2.15 bits per heavy atom. The highest BCUT2D eigenvalue weighted by molar-refractivity contribution is 5.91. The molecule has 0 fully saturated rings. The summed E-state index contributed by atoms with van der Waals surface area (Å²) in [4.78, 5) is 15.5. The monoisotopic (exact) mass is 532 g/mol. The van der Waals surface area contributed by atoms with Crippen molar-refractivity contribution in [2.45, 2.75) is 39.0 Å². The van der Waals surface area contributed by atoms with Crippen molar-refractivity contribution >= 4 is 5.91 Å². The lowest BCUT2D eigenvalue weighted by Gasteiger charge is -2.22. The highest BCUT2D eigenvalue weighted by atomic mass is 19.1. The van der Waals surface area contributed by atoms with Crippen molar-refractivity contribution in [3.8, 4) is 0 Å². The molecule has 0 spiro atoms. The zero-order valence-corrected chi connectivity index (χ0v) is 22.6. The van der Waals surface area contributed by atoms with Crippen LogP contribution in [0.1, 0.15) is 50.2 Å². The van der Waals surface area contributed by atoms with Gasteiger partial charge in [0.05, 0.1) is 12.6 Å². The molecule has 4 nitrogen and oxygen atoms in total. The van der Waals surface area contributed by atoms with E-state index in [4.69, 9.17) is 4.42 Å². The molecule has 4 aromatic carbocycles. The predicted octanol–water partition coefficient (Wildman–Crippen LogP) is 7.64. The summed E-state index contributed by atoms with van der Waals surface area (Å²) >= 11 is 0. The summed E-state index contributed by atoms with van der Waals surface area (Å²) in [5.41, 5.74) is 5.40. The first-order chi connectivity index (χ1) is 19.5. The average Bonchev–Trinajstić information content (AvgIpc) is 3.44. The Hall–Kier alpha value is -4.48. The van der Waals surface area contributed by atoms with Crippen LogP contribution in [0.4, 0.5) is 4.39 Å². The lowest BCUT2D eigenvalue weighted by Crippen LogP contribution is -2.29. The Morgan fingerprint density at radius 1 is 0.750 bits per heavy atom. The largest absolute Gasteiger partial charge is 0.455 e. The van der Waals surface area contributed by atoms with Gasteiger partial charge in [0.1, 0.15) is 11.6 Å². The molecule has 0 radical (unpaired) electrons. The highest BCUT2D eigenvalue weighted by Gasteiger charge is 2.20. The van der Waals surface area contributed by atoms with E-state index in [1.165, 1.54) is 11.6 Å². The summed E-state index contributed by atoms with van der Waals surface area (Å²) in [5.74, 6) is 0.428. The number of aryl methyl sites for hydroxylation is 1. The van der Waals surface area contributed by atoms with Gasteiger partial charge in [-0.15, -0.1) is 0 Å². The van der Waals surface area contributed by atoms with Crippen LogP contribution in [-0.4, -0.2) is 10.8 Å². The maximum atomic E-state index is 13.9. The van der Waals surface area contributed by atoms with Gasteiger partial charge in [0.15, 0.2) is 5.76 Å². The number of amides is 1.